The molecular weight excluding hydrogens is 268 g/mol. The molecule has 2 fully saturated rings. The Bertz CT molecular complexity index is 452. The largest absolute Gasteiger partial charge is 0.378 e. The zero-order valence-electron chi connectivity index (χ0n) is 11.7. The van der Waals surface area contributed by atoms with Crippen LogP contribution >= 0.6 is 0 Å². The second-order valence-corrected chi connectivity index (χ2v) is 8.49. The van der Waals surface area contributed by atoms with Gasteiger partial charge in [-0.3, -0.25) is 9.69 Å². The van der Waals surface area contributed by atoms with Crippen molar-refractivity contribution in [3.8, 4) is 0 Å². The minimum Gasteiger partial charge on any atom is -0.378 e. The van der Waals surface area contributed by atoms with E-state index in [9.17, 15) is 13.2 Å². The lowest BCUT2D eigenvalue weighted by atomic mass is 9.84. The summed E-state index contributed by atoms with van der Waals surface area (Å²) in [5.41, 5.74) is 0.284. The molecular formula is C12H22N2O4S. The zero-order valence-corrected chi connectivity index (χ0v) is 12.5. The molecule has 2 aliphatic heterocycles. The molecule has 0 aliphatic carbocycles. The number of sulfone groups is 1. The third-order valence-electron chi connectivity index (χ3n) is 3.62. The number of amides is 1. The molecule has 2 aliphatic rings. The van der Waals surface area contributed by atoms with E-state index in [1.165, 1.54) is 7.11 Å². The lowest BCUT2D eigenvalue weighted by Gasteiger charge is -2.45. The van der Waals surface area contributed by atoms with Crippen molar-refractivity contribution in [2.24, 2.45) is 5.41 Å². The van der Waals surface area contributed by atoms with Gasteiger partial charge in [-0.2, -0.15) is 0 Å². The van der Waals surface area contributed by atoms with E-state index in [0.717, 1.165) is 13.1 Å². The number of nitrogens with zero attached hydrogens (tertiary/aromatic N) is 1. The van der Waals surface area contributed by atoms with E-state index >= 15 is 0 Å². The highest BCUT2D eigenvalue weighted by atomic mass is 32.2. The highest BCUT2D eigenvalue weighted by Crippen LogP contribution is 2.27. The Labute approximate surface area is 114 Å². The van der Waals surface area contributed by atoms with E-state index in [0.29, 0.717) is 6.54 Å². The molecule has 0 aromatic rings. The molecule has 0 radical (unpaired) electrons. The van der Waals surface area contributed by atoms with Gasteiger partial charge in [0.1, 0.15) is 0 Å². The minimum absolute atomic E-state index is 0.00874. The van der Waals surface area contributed by atoms with E-state index < -0.39 is 22.0 Å². The van der Waals surface area contributed by atoms with E-state index in [-0.39, 0.29) is 22.8 Å². The van der Waals surface area contributed by atoms with E-state index in [2.05, 4.69) is 24.1 Å². The molecule has 0 saturated carbocycles. The van der Waals surface area contributed by atoms with Crippen molar-refractivity contribution in [2.45, 2.75) is 26.0 Å². The highest BCUT2D eigenvalue weighted by Gasteiger charge is 2.40. The summed E-state index contributed by atoms with van der Waals surface area (Å²) in [7, 11) is -1.62. The zero-order chi connectivity index (χ0) is 14.3. The fourth-order valence-electron chi connectivity index (χ4n) is 2.91. The molecule has 6 nitrogen and oxygen atoms in total. The van der Waals surface area contributed by atoms with Crippen LogP contribution in [-0.4, -0.2) is 69.6 Å². The standard InChI is InChI=1S/C12H22N2O4S/c1-12(2)7-14(8-12)4-11(15)13-9-5-19(16,17)6-10(9)18-3/h9-10H,4-8H2,1-3H3,(H,13,15). The van der Waals surface area contributed by atoms with Gasteiger partial charge >= 0.3 is 0 Å². The van der Waals surface area contributed by atoms with Crippen LogP contribution in [0.4, 0.5) is 0 Å². The maximum Gasteiger partial charge on any atom is 0.234 e. The van der Waals surface area contributed by atoms with Crippen LogP contribution in [0.3, 0.4) is 0 Å². The Hall–Kier alpha value is -0.660. The van der Waals surface area contributed by atoms with Crippen LogP contribution < -0.4 is 5.32 Å². The lowest BCUT2D eigenvalue weighted by molar-refractivity contribution is -0.126. The predicted octanol–water partition coefficient (Wildman–Crippen LogP) is -0.744. The monoisotopic (exact) mass is 290 g/mol. The summed E-state index contributed by atoms with van der Waals surface area (Å²) < 4.78 is 28.2. The summed E-state index contributed by atoms with van der Waals surface area (Å²) in [4.78, 5) is 13.9. The first-order valence-electron chi connectivity index (χ1n) is 6.46. The van der Waals surface area contributed by atoms with Crippen LogP contribution in [0.25, 0.3) is 0 Å². The van der Waals surface area contributed by atoms with Gasteiger partial charge in [-0.25, -0.2) is 8.42 Å². The first-order valence-corrected chi connectivity index (χ1v) is 8.28. The lowest BCUT2D eigenvalue weighted by Crippen LogP contribution is -2.57. The quantitative estimate of drug-likeness (QED) is 0.738. The normalized spacial score (nSPS) is 32.8. The van der Waals surface area contributed by atoms with Gasteiger partial charge in [-0.15, -0.1) is 0 Å². The maximum atomic E-state index is 11.9. The number of ether oxygens (including phenoxy) is 1. The summed E-state index contributed by atoms with van der Waals surface area (Å²) in [5.74, 6) is -0.159. The molecule has 0 aromatic heterocycles. The number of nitrogens with one attached hydrogen (secondary N) is 1. The van der Waals surface area contributed by atoms with Gasteiger partial charge in [0.15, 0.2) is 9.84 Å². The average Bonchev–Trinajstić information content (AvgIpc) is 2.50. The SMILES string of the molecule is COC1CS(=O)(=O)CC1NC(=O)CN1CC(C)(C)C1. The van der Waals surface area contributed by atoms with Crippen molar-refractivity contribution < 1.29 is 17.9 Å². The second kappa shape index (κ2) is 5.03. The molecule has 2 atom stereocenters. The van der Waals surface area contributed by atoms with Gasteiger partial charge in [0.2, 0.25) is 5.91 Å². The summed E-state index contributed by atoms with van der Waals surface area (Å²) in [6.07, 6.45) is -0.429. The molecule has 19 heavy (non-hydrogen) atoms. The van der Waals surface area contributed by atoms with Crippen molar-refractivity contribution in [2.75, 3.05) is 38.2 Å². The smallest absolute Gasteiger partial charge is 0.234 e. The molecule has 2 saturated heterocycles. The van der Waals surface area contributed by atoms with Crippen LogP contribution in [-0.2, 0) is 19.4 Å². The summed E-state index contributed by atoms with van der Waals surface area (Å²) in [6.45, 7) is 6.45. The second-order valence-electron chi connectivity index (χ2n) is 6.33. The summed E-state index contributed by atoms with van der Waals surface area (Å²) >= 11 is 0. The van der Waals surface area contributed by atoms with E-state index in [4.69, 9.17) is 4.74 Å². The van der Waals surface area contributed by atoms with Crippen molar-refractivity contribution in [1.29, 1.82) is 0 Å². The van der Waals surface area contributed by atoms with Gasteiger partial charge in [-0.05, 0) is 5.41 Å². The van der Waals surface area contributed by atoms with Crippen molar-refractivity contribution in [1.82, 2.24) is 10.2 Å². The Morgan fingerprint density at radius 2 is 2.00 bits per heavy atom. The van der Waals surface area contributed by atoms with Crippen LogP contribution in [0.15, 0.2) is 0 Å². The average molecular weight is 290 g/mol. The first-order chi connectivity index (χ1) is 8.71. The number of carbonyl (C=O) groups excluding carboxylic acids is 1. The first kappa shape index (κ1) is 14.7. The number of hydrogen-bond acceptors (Lipinski definition) is 5. The fraction of sp³-hybridized carbons (Fsp3) is 0.917. The Morgan fingerprint density at radius 1 is 1.37 bits per heavy atom. The Balaban J connectivity index is 1.82. The third-order valence-corrected chi connectivity index (χ3v) is 5.32. The number of carbonyl (C=O) groups is 1. The molecule has 1 N–H and O–H groups in total. The van der Waals surface area contributed by atoms with Crippen LogP contribution in [0.5, 0.6) is 0 Å². The molecule has 1 amide bonds. The Kier molecular flexibility index (Phi) is 3.90. The van der Waals surface area contributed by atoms with Gasteiger partial charge in [0.25, 0.3) is 0 Å². The Morgan fingerprint density at radius 3 is 2.53 bits per heavy atom. The topological polar surface area (TPSA) is 75.7 Å². The summed E-state index contributed by atoms with van der Waals surface area (Å²) in [6, 6.07) is -0.420. The number of methoxy groups -OCH3 is 1. The van der Waals surface area contributed by atoms with Gasteiger partial charge in [-0.1, -0.05) is 13.8 Å². The molecule has 0 aromatic carbocycles. The van der Waals surface area contributed by atoms with Gasteiger partial charge in [0.05, 0.1) is 30.2 Å². The molecule has 7 heteroatoms. The van der Waals surface area contributed by atoms with E-state index in [1.54, 1.807) is 0 Å². The number of rotatable bonds is 4. The van der Waals surface area contributed by atoms with E-state index in [1.807, 2.05) is 0 Å². The number of likely N-dealkylation sites (tertiary alicyclic amines) is 1. The number of hydrogen-bond donors (Lipinski definition) is 1. The third kappa shape index (κ3) is 3.67. The maximum absolute atomic E-state index is 11.9. The van der Waals surface area contributed by atoms with Crippen molar-refractivity contribution >= 4 is 15.7 Å². The molecule has 0 spiro atoms. The predicted molar refractivity (Wildman–Crippen MR) is 71.6 cm³/mol. The highest BCUT2D eigenvalue weighted by molar-refractivity contribution is 7.91. The minimum atomic E-state index is -3.09. The fourth-order valence-corrected chi connectivity index (χ4v) is 4.76. The van der Waals surface area contributed by atoms with Crippen LogP contribution in [0.1, 0.15) is 13.8 Å². The van der Waals surface area contributed by atoms with Crippen molar-refractivity contribution in [3.05, 3.63) is 0 Å². The van der Waals surface area contributed by atoms with Crippen LogP contribution in [0.2, 0.25) is 0 Å². The van der Waals surface area contributed by atoms with Crippen molar-refractivity contribution in [3.63, 3.8) is 0 Å². The van der Waals surface area contributed by atoms with Gasteiger partial charge in [0, 0.05) is 20.2 Å². The molecule has 2 rings (SSSR count). The van der Waals surface area contributed by atoms with Gasteiger partial charge < -0.3 is 10.1 Å². The molecule has 2 unspecified atom stereocenters. The molecule has 2 heterocycles. The van der Waals surface area contributed by atoms with Crippen LogP contribution in [0, 0.1) is 5.41 Å². The molecule has 0 bridgehead atoms. The summed E-state index contributed by atoms with van der Waals surface area (Å²) in [5, 5.41) is 2.78. The molecule has 110 valence electrons.